The normalized spacial score (nSPS) is 16.1. The van der Waals surface area contributed by atoms with Gasteiger partial charge >= 0.3 is 0 Å². The fourth-order valence-electron chi connectivity index (χ4n) is 2.73. The van der Waals surface area contributed by atoms with Crippen molar-refractivity contribution in [2.75, 3.05) is 6.54 Å². The molecule has 1 fully saturated rings. The number of sulfonamides is 1. The Bertz CT molecular complexity index is 584. The number of nitrogens with zero attached hydrogens (tertiary/aromatic N) is 1. The maximum atomic E-state index is 12.0. The molecule has 1 aromatic rings. The van der Waals surface area contributed by atoms with Gasteiger partial charge in [0.2, 0.25) is 10.0 Å². The minimum absolute atomic E-state index is 0.124. The maximum Gasteiger partial charge on any atom is 0.215 e. The number of nitriles is 1. The van der Waals surface area contributed by atoms with Crippen LogP contribution in [0.15, 0.2) is 24.3 Å². The van der Waals surface area contributed by atoms with E-state index >= 15 is 0 Å². The van der Waals surface area contributed by atoms with Crippen LogP contribution >= 0.6 is 0 Å². The van der Waals surface area contributed by atoms with Crippen molar-refractivity contribution >= 4 is 10.0 Å². The van der Waals surface area contributed by atoms with Crippen LogP contribution in [0, 0.1) is 17.2 Å². The van der Waals surface area contributed by atoms with E-state index in [9.17, 15) is 8.42 Å². The van der Waals surface area contributed by atoms with Gasteiger partial charge in [-0.05, 0) is 24.0 Å². The van der Waals surface area contributed by atoms with Gasteiger partial charge in [0.25, 0.3) is 0 Å². The molecule has 5 heteroatoms. The van der Waals surface area contributed by atoms with Crippen LogP contribution in [0.5, 0.6) is 0 Å². The Morgan fingerprint density at radius 1 is 1.25 bits per heavy atom. The molecule has 0 heterocycles. The Balaban J connectivity index is 1.88. The molecule has 0 bridgehead atoms. The Morgan fingerprint density at radius 3 is 2.65 bits per heavy atom. The van der Waals surface area contributed by atoms with E-state index in [1.54, 1.807) is 24.3 Å². The highest BCUT2D eigenvalue weighted by Crippen LogP contribution is 2.27. The summed E-state index contributed by atoms with van der Waals surface area (Å²) in [7, 11) is -3.36. The molecular weight excluding hydrogens is 272 g/mol. The summed E-state index contributed by atoms with van der Waals surface area (Å²) in [4.78, 5) is 0. The van der Waals surface area contributed by atoms with Gasteiger partial charge in [-0.1, -0.05) is 43.9 Å². The van der Waals surface area contributed by atoms with E-state index in [1.807, 2.05) is 6.07 Å². The van der Waals surface area contributed by atoms with E-state index in [4.69, 9.17) is 5.26 Å². The van der Waals surface area contributed by atoms with Crippen molar-refractivity contribution in [2.45, 2.75) is 37.9 Å². The average Bonchev–Trinajstić information content (AvgIpc) is 2.92. The van der Waals surface area contributed by atoms with Gasteiger partial charge in [0.15, 0.2) is 0 Å². The molecule has 0 aromatic heterocycles. The molecule has 1 aliphatic rings. The summed E-state index contributed by atoms with van der Waals surface area (Å²) < 4.78 is 26.7. The first-order valence-corrected chi connectivity index (χ1v) is 8.71. The predicted molar refractivity (Wildman–Crippen MR) is 78.4 cm³/mol. The first kappa shape index (κ1) is 15.0. The molecule has 0 radical (unpaired) electrons. The molecule has 1 saturated carbocycles. The van der Waals surface area contributed by atoms with Crippen molar-refractivity contribution in [3.63, 3.8) is 0 Å². The summed E-state index contributed by atoms with van der Waals surface area (Å²) in [6.45, 7) is 0.502. The molecule has 1 aromatic carbocycles. The molecular formula is C15H20N2O2S. The molecule has 0 atom stereocenters. The van der Waals surface area contributed by atoms with Gasteiger partial charge in [-0.3, -0.25) is 0 Å². The van der Waals surface area contributed by atoms with Crippen LogP contribution in [0.3, 0.4) is 0 Å². The van der Waals surface area contributed by atoms with Gasteiger partial charge in [0.05, 0.1) is 17.4 Å². The first-order valence-electron chi connectivity index (χ1n) is 7.06. The minimum atomic E-state index is -3.36. The number of hydrogen-bond donors (Lipinski definition) is 1. The van der Waals surface area contributed by atoms with E-state index in [0.29, 0.717) is 23.6 Å². The number of rotatable bonds is 6. The van der Waals surface area contributed by atoms with Crippen LogP contribution in [0.2, 0.25) is 0 Å². The third-order valence-corrected chi connectivity index (χ3v) is 5.17. The van der Waals surface area contributed by atoms with Crippen molar-refractivity contribution in [1.82, 2.24) is 4.72 Å². The third kappa shape index (κ3) is 4.32. The number of benzene rings is 1. The van der Waals surface area contributed by atoms with Gasteiger partial charge in [0.1, 0.15) is 0 Å². The number of hydrogen-bond acceptors (Lipinski definition) is 3. The van der Waals surface area contributed by atoms with Gasteiger partial charge in [-0.2, -0.15) is 5.26 Å². The number of nitrogens with one attached hydrogen (secondary N) is 1. The fraction of sp³-hybridized carbons (Fsp3) is 0.533. The van der Waals surface area contributed by atoms with Crippen molar-refractivity contribution < 1.29 is 8.42 Å². The standard InChI is InChI=1S/C15H20N2O2S/c16-11-14-7-3-4-8-15(14)12-20(18,19)17-10-9-13-5-1-2-6-13/h3-4,7-8,13,17H,1-2,5-6,9-10,12H2. The van der Waals surface area contributed by atoms with Crippen LogP contribution in [-0.2, 0) is 15.8 Å². The molecule has 4 nitrogen and oxygen atoms in total. The zero-order valence-electron chi connectivity index (χ0n) is 11.5. The third-order valence-electron chi connectivity index (χ3n) is 3.83. The Kier molecular flexibility index (Phi) is 5.16. The molecule has 0 aliphatic heterocycles. The van der Waals surface area contributed by atoms with Crippen LogP contribution < -0.4 is 4.72 Å². The minimum Gasteiger partial charge on any atom is -0.215 e. The molecule has 0 amide bonds. The summed E-state index contributed by atoms with van der Waals surface area (Å²) >= 11 is 0. The Labute approximate surface area is 120 Å². The molecule has 1 N–H and O–H groups in total. The lowest BCUT2D eigenvalue weighted by molar-refractivity contribution is 0.495. The zero-order chi connectivity index (χ0) is 14.4. The fourth-order valence-corrected chi connectivity index (χ4v) is 3.92. The summed E-state index contributed by atoms with van der Waals surface area (Å²) in [5.74, 6) is 0.547. The highest BCUT2D eigenvalue weighted by atomic mass is 32.2. The zero-order valence-corrected chi connectivity index (χ0v) is 12.3. The van der Waals surface area contributed by atoms with Crippen molar-refractivity contribution in [1.29, 1.82) is 5.26 Å². The summed E-state index contributed by atoms with van der Waals surface area (Å²) in [5, 5.41) is 8.97. The Hall–Kier alpha value is -1.38. The highest BCUT2D eigenvalue weighted by Gasteiger charge is 2.17. The SMILES string of the molecule is N#Cc1ccccc1CS(=O)(=O)NCCC1CCCC1. The topological polar surface area (TPSA) is 70.0 Å². The largest absolute Gasteiger partial charge is 0.215 e. The lowest BCUT2D eigenvalue weighted by Crippen LogP contribution is -2.27. The lowest BCUT2D eigenvalue weighted by atomic mass is 10.1. The lowest BCUT2D eigenvalue weighted by Gasteiger charge is -2.11. The van der Waals surface area contributed by atoms with Crippen molar-refractivity contribution in [3.05, 3.63) is 35.4 Å². The maximum absolute atomic E-state index is 12.0. The molecule has 0 unspecified atom stereocenters. The van der Waals surface area contributed by atoms with Crippen LogP contribution in [-0.4, -0.2) is 15.0 Å². The van der Waals surface area contributed by atoms with E-state index in [2.05, 4.69) is 4.72 Å². The molecule has 2 rings (SSSR count). The second kappa shape index (κ2) is 6.87. The Morgan fingerprint density at radius 2 is 1.95 bits per heavy atom. The second-order valence-corrected chi connectivity index (χ2v) is 7.17. The van der Waals surface area contributed by atoms with Crippen LogP contribution in [0.4, 0.5) is 0 Å². The van der Waals surface area contributed by atoms with Crippen LogP contribution in [0.25, 0.3) is 0 Å². The van der Waals surface area contributed by atoms with E-state index in [-0.39, 0.29) is 5.75 Å². The first-order chi connectivity index (χ1) is 9.61. The molecule has 108 valence electrons. The molecule has 0 saturated heterocycles. The quantitative estimate of drug-likeness (QED) is 0.876. The smallest absolute Gasteiger partial charge is 0.215 e. The second-order valence-electron chi connectivity index (χ2n) is 5.36. The van der Waals surface area contributed by atoms with Gasteiger partial charge in [0, 0.05) is 6.54 Å². The van der Waals surface area contributed by atoms with Gasteiger partial charge < -0.3 is 0 Å². The van der Waals surface area contributed by atoms with Crippen molar-refractivity contribution in [2.24, 2.45) is 5.92 Å². The van der Waals surface area contributed by atoms with Gasteiger partial charge in [-0.15, -0.1) is 0 Å². The average molecular weight is 292 g/mol. The van der Waals surface area contributed by atoms with Crippen molar-refractivity contribution in [3.8, 4) is 6.07 Å². The summed E-state index contributed by atoms with van der Waals surface area (Å²) in [5.41, 5.74) is 0.983. The van der Waals surface area contributed by atoms with Gasteiger partial charge in [-0.25, -0.2) is 13.1 Å². The predicted octanol–water partition coefficient (Wildman–Crippen LogP) is 2.56. The molecule has 0 spiro atoms. The summed E-state index contributed by atoms with van der Waals surface area (Å²) in [6, 6.07) is 8.85. The summed E-state index contributed by atoms with van der Waals surface area (Å²) in [6.07, 6.45) is 5.90. The van der Waals surface area contributed by atoms with E-state index < -0.39 is 10.0 Å². The monoisotopic (exact) mass is 292 g/mol. The molecule has 1 aliphatic carbocycles. The van der Waals surface area contributed by atoms with E-state index in [1.165, 1.54) is 25.7 Å². The van der Waals surface area contributed by atoms with E-state index in [0.717, 1.165) is 6.42 Å². The van der Waals surface area contributed by atoms with Crippen LogP contribution in [0.1, 0.15) is 43.2 Å². The highest BCUT2D eigenvalue weighted by molar-refractivity contribution is 7.88. The molecule has 20 heavy (non-hydrogen) atoms.